The van der Waals surface area contributed by atoms with Crippen LogP contribution in [0.3, 0.4) is 0 Å². The maximum absolute atomic E-state index is 4.20. The predicted octanol–water partition coefficient (Wildman–Crippen LogP) is 2.02. The van der Waals surface area contributed by atoms with Crippen molar-refractivity contribution in [3.63, 3.8) is 0 Å². The molecule has 20 heavy (non-hydrogen) atoms. The van der Waals surface area contributed by atoms with E-state index in [-0.39, 0.29) is 24.0 Å². The molecule has 0 radical (unpaired) electrons. The quantitative estimate of drug-likeness (QED) is 0.321. The maximum atomic E-state index is 4.20. The van der Waals surface area contributed by atoms with Crippen LogP contribution >= 0.6 is 24.0 Å². The van der Waals surface area contributed by atoms with Crippen LogP contribution in [0.2, 0.25) is 0 Å². The van der Waals surface area contributed by atoms with E-state index in [4.69, 9.17) is 0 Å². The summed E-state index contributed by atoms with van der Waals surface area (Å²) in [6.07, 6.45) is 4.13. The molecule has 0 fully saturated rings. The standard InChI is InChI=1S/C13H26N6.HI/c1-5-19-10-17-18-12(19)9-16-13(14-4)15-8-6-7-11(2)3;/h10-11H,5-9H2,1-4H3,(H2,14,15,16);1H. The molecule has 2 N–H and O–H groups in total. The molecule has 0 atom stereocenters. The number of guanidine groups is 1. The zero-order valence-electron chi connectivity index (χ0n) is 12.9. The fourth-order valence-electron chi connectivity index (χ4n) is 1.78. The Morgan fingerprint density at radius 1 is 1.40 bits per heavy atom. The maximum Gasteiger partial charge on any atom is 0.191 e. The van der Waals surface area contributed by atoms with E-state index in [0.717, 1.165) is 37.2 Å². The average molecular weight is 394 g/mol. The van der Waals surface area contributed by atoms with Gasteiger partial charge < -0.3 is 15.2 Å². The zero-order chi connectivity index (χ0) is 14.1. The van der Waals surface area contributed by atoms with Gasteiger partial charge in [0.15, 0.2) is 11.8 Å². The highest BCUT2D eigenvalue weighted by Gasteiger charge is 2.04. The molecule has 0 amide bonds. The van der Waals surface area contributed by atoms with Crippen LogP contribution in [0.1, 0.15) is 39.4 Å². The lowest BCUT2D eigenvalue weighted by Gasteiger charge is -2.12. The minimum Gasteiger partial charge on any atom is -0.356 e. The molecule has 1 rings (SSSR count). The fraction of sp³-hybridized carbons (Fsp3) is 0.769. The molecular weight excluding hydrogens is 367 g/mol. The Bertz CT molecular complexity index is 388. The van der Waals surface area contributed by atoms with E-state index in [1.54, 1.807) is 13.4 Å². The number of aliphatic imine (C=N–C) groups is 1. The molecule has 0 spiro atoms. The van der Waals surface area contributed by atoms with Crippen LogP contribution in [-0.2, 0) is 13.1 Å². The molecule has 0 aliphatic heterocycles. The zero-order valence-corrected chi connectivity index (χ0v) is 15.2. The van der Waals surface area contributed by atoms with Crippen molar-refractivity contribution in [2.24, 2.45) is 10.9 Å². The average Bonchev–Trinajstić information content (AvgIpc) is 2.85. The fourth-order valence-corrected chi connectivity index (χ4v) is 1.78. The van der Waals surface area contributed by atoms with Crippen LogP contribution in [0.15, 0.2) is 11.3 Å². The van der Waals surface area contributed by atoms with Gasteiger partial charge in [0, 0.05) is 20.1 Å². The lowest BCUT2D eigenvalue weighted by Crippen LogP contribution is -2.37. The van der Waals surface area contributed by atoms with Crippen LogP contribution in [-0.4, -0.2) is 34.3 Å². The van der Waals surface area contributed by atoms with Crippen molar-refractivity contribution < 1.29 is 0 Å². The molecule has 0 aliphatic rings. The Morgan fingerprint density at radius 3 is 2.75 bits per heavy atom. The van der Waals surface area contributed by atoms with Crippen LogP contribution in [0, 0.1) is 5.92 Å². The summed E-state index contributed by atoms with van der Waals surface area (Å²) >= 11 is 0. The minimum atomic E-state index is 0. The molecular formula is C13H27IN6. The Balaban J connectivity index is 0.00000361. The summed E-state index contributed by atoms with van der Waals surface area (Å²) in [4.78, 5) is 4.20. The van der Waals surface area contributed by atoms with Crippen molar-refractivity contribution in [2.45, 2.75) is 46.7 Å². The number of nitrogens with one attached hydrogen (secondary N) is 2. The van der Waals surface area contributed by atoms with Gasteiger partial charge in [-0.1, -0.05) is 13.8 Å². The monoisotopic (exact) mass is 394 g/mol. The van der Waals surface area contributed by atoms with Crippen LogP contribution in [0.5, 0.6) is 0 Å². The van der Waals surface area contributed by atoms with Crippen molar-refractivity contribution in [1.82, 2.24) is 25.4 Å². The van der Waals surface area contributed by atoms with Gasteiger partial charge in [-0.05, 0) is 25.7 Å². The van der Waals surface area contributed by atoms with Crippen molar-refractivity contribution in [3.8, 4) is 0 Å². The third-order valence-corrected chi connectivity index (χ3v) is 2.92. The lowest BCUT2D eigenvalue weighted by molar-refractivity contribution is 0.548. The van der Waals surface area contributed by atoms with Gasteiger partial charge >= 0.3 is 0 Å². The summed E-state index contributed by atoms with van der Waals surface area (Å²) in [5, 5.41) is 14.5. The first kappa shape index (κ1) is 19.1. The lowest BCUT2D eigenvalue weighted by atomic mass is 10.1. The molecule has 0 saturated heterocycles. The number of aryl methyl sites for hydroxylation is 1. The predicted molar refractivity (Wildman–Crippen MR) is 93.4 cm³/mol. The summed E-state index contributed by atoms with van der Waals surface area (Å²) in [6, 6.07) is 0. The van der Waals surface area contributed by atoms with Gasteiger partial charge in [0.25, 0.3) is 0 Å². The number of hydrogen-bond acceptors (Lipinski definition) is 3. The largest absolute Gasteiger partial charge is 0.356 e. The molecule has 0 aliphatic carbocycles. The van der Waals surface area contributed by atoms with Crippen LogP contribution < -0.4 is 10.6 Å². The Hall–Kier alpha value is -0.860. The smallest absolute Gasteiger partial charge is 0.191 e. The molecule has 1 heterocycles. The summed E-state index contributed by atoms with van der Waals surface area (Å²) in [6.45, 7) is 9.02. The highest BCUT2D eigenvalue weighted by atomic mass is 127. The highest BCUT2D eigenvalue weighted by molar-refractivity contribution is 14.0. The Labute approximate surface area is 138 Å². The Kier molecular flexibility index (Phi) is 10.4. The number of hydrogen-bond donors (Lipinski definition) is 2. The van der Waals surface area contributed by atoms with Gasteiger partial charge in [-0.3, -0.25) is 4.99 Å². The van der Waals surface area contributed by atoms with Crippen molar-refractivity contribution >= 4 is 29.9 Å². The molecule has 116 valence electrons. The summed E-state index contributed by atoms with van der Waals surface area (Å²) in [5.41, 5.74) is 0. The van der Waals surface area contributed by atoms with Gasteiger partial charge in [-0.2, -0.15) is 0 Å². The molecule has 6 nitrogen and oxygen atoms in total. The first-order valence-electron chi connectivity index (χ1n) is 6.98. The van der Waals surface area contributed by atoms with Gasteiger partial charge in [-0.25, -0.2) is 0 Å². The van der Waals surface area contributed by atoms with E-state index >= 15 is 0 Å². The first-order chi connectivity index (χ1) is 9.17. The SMILES string of the molecule is CCn1cnnc1CNC(=NC)NCCCC(C)C.I. The topological polar surface area (TPSA) is 67.1 Å². The minimum absolute atomic E-state index is 0. The van der Waals surface area contributed by atoms with E-state index in [9.17, 15) is 0 Å². The van der Waals surface area contributed by atoms with Crippen molar-refractivity contribution in [3.05, 3.63) is 12.2 Å². The molecule has 1 aromatic heterocycles. The molecule has 0 unspecified atom stereocenters. The van der Waals surface area contributed by atoms with Crippen molar-refractivity contribution in [2.75, 3.05) is 13.6 Å². The van der Waals surface area contributed by atoms with E-state index in [2.05, 4.69) is 46.6 Å². The van der Waals surface area contributed by atoms with E-state index in [0.29, 0.717) is 6.54 Å². The van der Waals surface area contributed by atoms with Gasteiger partial charge in [0.2, 0.25) is 0 Å². The molecule has 7 heteroatoms. The second kappa shape index (κ2) is 10.9. The highest BCUT2D eigenvalue weighted by Crippen LogP contribution is 2.01. The molecule has 0 bridgehead atoms. The van der Waals surface area contributed by atoms with Crippen LogP contribution in [0.4, 0.5) is 0 Å². The molecule has 0 aromatic carbocycles. The second-order valence-corrected chi connectivity index (χ2v) is 4.92. The molecule has 1 aromatic rings. The molecule has 0 saturated carbocycles. The number of rotatable bonds is 7. The normalized spacial score (nSPS) is 11.3. The van der Waals surface area contributed by atoms with E-state index in [1.807, 2.05) is 4.57 Å². The van der Waals surface area contributed by atoms with E-state index in [1.165, 1.54) is 6.42 Å². The second-order valence-electron chi connectivity index (χ2n) is 4.92. The number of nitrogens with zero attached hydrogens (tertiary/aromatic N) is 4. The van der Waals surface area contributed by atoms with Crippen molar-refractivity contribution in [1.29, 1.82) is 0 Å². The first-order valence-corrected chi connectivity index (χ1v) is 6.98. The van der Waals surface area contributed by atoms with Gasteiger partial charge in [0.1, 0.15) is 6.33 Å². The third kappa shape index (κ3) is 7.06. The summed E-state index contributed by atoms with van der Waals surface area (Å²) in [5.74, 6) is 2.49. The van der Waals surface area contributed by atoms with Crippen LogP contribution in [0.25, 0.3) is 0 Å². The number of halogens is 1. The number of aromatic nitrogens is 3. The van der Waals surface area contributed by atoms with E-state index < -0.39 is 0 Å². The summed E-state index contributed by atoms with van der Waals surface area (Å²) < 4.78 is 2.01. The Morgan fingerprint density at radius 2 is 2.15 bits per heavy atom. The van der Waals surface area contributed by atoms with Gasteiger partial charge in [0.05, 0.1) is 6.54 Å². The summed E-state index contributed by atoms with van der Waals surface area (Å²) in [7, 11) is 1.78. The van der Waals surface area contributed by atoms with Gasteiger partial charge in [-0.15, -0.1) is 34.2 Å². The third-order valence-electron chi connectivity index (χ3n) is 2.92.